The van der Waals surface area contributed by atoms with Crippen molar-refractivity contribution in [2.45, 2.75) is 12.6 Å². The summed E-state index contributed by atoms with van der Waals surface area (Å²) >= 11 is 0. The molecule has 8 heteroatoms. The molecule has 1 amide bonds. The molecular formula is C6H11F3N4O. The molecule has 0 aliphatic carbocycles. The predicted octanol–water partition coefficient (Wildman–Crippen LogP) is -0.672. The highest BCUT2D eigenvalue weighted by molar-refractivity contribution is 5.81. The van der Waals surface area contributed by atoms with Crippen LogP contribution in [0.3, 0.4) is 0 Å². The number of alkyl halides is 3. The number of nitrogens with one attached hydrogen (secondary N) is 1. The van der Waals surface area contributed by atoms with Gasteiger partial charge < -0.3 is 16.8 Å². The molecule has 0 bridgehead atoms. The zero-order chi connectivity index (χ0) is 11.2. The van der Waals surface area contributed by atoms with Crippen molar-refractivity contribution in [1.82, 2.24) is 5.32 Å². The fourth-order valence-corrected chi connectivity index (χ4v) is 0.589. The van der Waals surface area contributed by atoms with Crippen LogP contribution < -0.4 is 16.8 Å². The highest BCUT2D eigenvalue weighted by Gasteiger charge is 2.38. The Morgan fingerprint density at radius 1 is 1.36 bits per heavy atom. The van der Waals surface area contributed by atoms with Gasteiger partial charge in [0.1, 0.15) is 0 Å². The van der Waals surface area contributed by atoms with Gasteiger partial charge in [-0.15, -0.1) is 0 Å². The monoisotopic (exact) mass is 212 g/mol. The molecule has 0 radical (unpaired) electrons. The number of halogens is 3. The normalized spacial score (nSPS) is 10.8. The lowest BCUT2D eigenvalue weighted by molar-refractivity contribution is -0.173. The minimum absolute atomic E-state index is 0.116. The molecule has 0 saturated carbocycles. The first-order valence-corrected chi connectivity index (χ1v) is 3.74. The molecule has 0 heterocycles. The fourth-order valence-electron chi connectivity index (χ4n) is 0.589. The molecule has 0 aliphatic heterocycles. The molecule has 0 fully saturated rings. The summed E-state index contributed by atoms with van der Waals surface area (Å²) in [4.78, 5) is 13.8. The smallest absolute Gasteiger partial charge is 0.370 e. The average Bonchev–Trinajstić information content (AvgIpc) is 2.01. The number of aliphatic imine (C=N–C) groups is 1. The number of carbonyl (C=O) groups is 1. The van der Waals surface area contributed by atoms with Gasteiger partial charge in [0.2, 0.25) is 0 Å². The summed E-state index contributed by atoms with van der Waals surface area (Å²) < 4.78 is 34.8. The van der Waals surface area contributed by atoms with Crippen LogP contribution in [-0.4, -0.2) is 31.1 Å². The van der Waals surface area contributed by atoms with Crippen molar-refractivity contribution in [3.63, 3.8) is 0 Å². The maximum Gasteiger partial charge on any atom is 0.471 e. The van der Waals surface area contributed by atoms with Crippen molar-refractivity contribution in [1.29, 1.82) is 0 Å². The van der Waals surface area contributed by atoms with Gasteiger partial charge in [-0.05, 0) is 6.42 Å². The first-order valence-electron chi connectivity index (χ1n) is 3.74. The molecular weight excluding hydrogens is 201 g/mol. The van der Waals surface area contributed by atoms with E-state index in [0.717, 1.165) is 0 Å². The molecule has 0 atom stereocenters. The standard InChI is InChI=1S/C6H11F3N4O/c7-6(8,9)4(14)12-2-1-3-13-5(10)11/h1-3H2,(H,12,14)(H4,10,11,13). The van der Waals surface area contributed by atoms with E-state index < -0.39 is 12.1 Å². The summed E-state index contributed by atoms with van der Waals surface area (Å²) in [6.07, 6.45) is -4.59. The van der Waals surface area contributed by atoms with E-state index in [1.54, 1.807) is 5.32 Å². The van der Waals surface area contributed by atoms with E-state index in [1.807, 2.05) is 0 Å². The molecule has 0 spiro atoms. The second-order valence-electron chi connectivity index (χ2n) is 2.41. The Bertz CT molecular complexity index is 222. The topological polar surface area (TPSA) is 93.5 Å². The summed E-state index contributed by atoms with van der Waals surface area (Å²) in [5, 5.41) is 1.68. The van der Waals surface area contributed by atoms with Crippen molar-refractivity contribution in [2.24, 2.45) is 16.5 Å². The van der Waals surface area contributed by atoms with E-state index >= 15 is 0 Å². The van der Waals surface area contributed by atoms with Gasteiger partial charge in [-0.2, -0.15) is 13.2 Å². The number of hydrogen-bond donors (Lipinski definition) is 3. The van der Waals surface area contributed by atoms with Crippen LogP contribution in [0.2, 0.25) is 0 Å². The lowest BCUT2D eigenvalue weighted by Gasteiger charge is -2.06. The molecule has 0 saturated heterocycles. The van der Waals surface area contributed by atoms with Crippen LogP contribution in [-0.2, 0) is 4.79 Å². The highest BCUT2D eigenvalue weighted by Crippen LogP contribution is 2.13. The Labute approximate surface area is 78.3 Å². The number of nitrogens with zero attached hydrogens (tertiary/aromatic N) is 1. The van der Waals surface area contributed by atoms with Gasteiger partial charge in [-0.25, -0.2) is 0 Å². The largest absolute Gasteiger partial charge is 0.471 e. The van der Waals surface area contributed by atoms with E-state index in [9.17, 15) is 18.0 Å². The number of carbonyl (C=O) groups excluding carboxylic acids is 1. The first kappa shape index (κ1) is 12.5. The third kappa shape index (κ3) is 6.09. The molecule has 5 N–H and O–H groups in total. The lowest BCUT2D eigenvalue weighted by atomic mass is 10.4. The van der Waals surface area contributed by atoms with E-state index in [1.165, 1.54) is 0 Å². The maximum absolute atomic E-state index is 11.6. The maximum atomic E-state index is 11.6. The Balaban J connectivity index is 3.56. The van der Waals surface area contributed by atoms with E-state index in [-0.39, 0.29) is 25.5 Å². The van der Waals surface area contributed by atoms with Crippen LogP contribution >= 0.6 is 0 Å². The lowest BCUT2D eigenvalue weighted by Crippen LogP contribution is -2.37. The molecule has 14 heavy (non-hydrogen) atoms. The van der Waals surface area contributed by atoms with E-state index in [0.29, 0.717) is 0 Å². The van der Waals surface area contributed by atoms with Crippen LogP contribution in [0.15, 0.2) is 4.99 Å². The number of rotatable bonds is 4. The average molecular weight is 212 g/mol. The van der Waals surface area contributed by atoms with Crippen molar-refractivity contribution >= 4 is 11.9 Å². The Kier molecular flexibility index (Phi) is 4.74. The molecule has 82 valence electrons. The molecule has 0 unspecified atom stereocenters. The van der Waals surface area contributed by atoms with Crippen LogP contribution in [0.5, 0.6) is 0 Å². The third-order valence-corrected chi connectivity index (χ3v) is 1.17. The van der Waals surface area contributed by atoms with Crippen LogP contribution in [0, 0.1) is 0 Å². The summed E-state index contributed by atoms with van der Waals surface area (Å²) in [6, 6.07) is 0. The Morgan fingerprint density at radius 3 is 2.36 bits per heavy atom. The fraction of sp³-hybridized carbons (Fsp3) is 0.667. The zero-order valence-corrected chi connectivity index (χ0v) is 7.27. The number of amides is 1. The van der Waals surface area contributed by atoms with Gasteiger partial charge in [0.25, 0.3) is 0 Å². The van der Waals surface area contributed by atoms with Gasteiger partial charge >= 0.3 is 12.1 Å². The van der Waals surface area contributed by atoms with Crippen LogP contribution in [0.1, 0.15) is 6.42 Å². The Morgan fingerprint density at radius 2 is 1.93 bits per heavy atom. The van der Waals surface area contributed by atoms with Gasteiger partial charge in [-0.1, -0.05) is 0 Å². The minimum atomic E-state index is -4.84. The van der Waals surface area contributed by atoms with Crippen LogP contribution in [0.4, 0.5) is 13.2 Å². The third-order valence-electron chi connectivity index (χ3n) is 1.17. The molecule has 0 aromatic rings. The van der Waals surface area contributed by atoms with E-state index in [2.05, 4.69) is 4.99 Å². The van der Waals surface area contributed by atoms with Gasteiger partial charge in [0, 0.05) is 13.1 Å². The second kappa shape index (κ2) is 5.30. The van der Waals surface area contributed by atoms with E-state index in [4.69, 9.17) is 11.5 Å². The van der Waals surface area contributed by atoms with Crippen molar-refractivity contribution in [3.05, 3.63) is 0 Å². The minimum Gasteiger partial charge on any atom is -0.370 e. The SMILES string of the molecule is NC(N)=NCCCNC(=O)C(F)(F)F. The van der Waals surface area contributed by atoms with Crippen molar-refractivity contribution < 1.29 is 18.0 Å². The highest BCUT2D eigenvalue weighted by atomic mass is 19.4. The molecule has 5 nitrogen and oxygen atoms in total. The Hall–Kier alpha value is -1.47. The van der Waals surface area contributed by atoms with Gasteiger partial charge in [0.05, 0.1) is 0 Å². The number of nitrogens with two attached hydrogens (primary N) is 2. The molecule has 0 rings (SSSR count). The van der Waals surface area contributed by atoms with Crippen molar-refractivity contribution in [3.8, 4) is 0 Å². The second-order valence-corrected chi connectivity index (χ2v) is 2.41. The summed E-state index contributed by atoms with van der Waals surface area (Å²) in [6.45, 7) is 0.0651. The first-order chi connectivity index (χ1) is 6.34. The summed E-state index contributed by atoms with van der Waals surface area (Å²) in [5.74, 6) is -2.09. The quantitative estimate of drug-likeness (QED) is 0.327. The van der Waals surface area contributed by atoms with Crippen molar-refractivity contribution in [2.75, 3.05) is 13.1 Å². The zero-order valence-electron chi connectivity index (χ0n) is 7.27. The predicted molar refractivity (Wildman–Crippen MR) is 44.4 cm³/mol. The van der Waals surface area contributed by atoms with Crippen LogP contribution in [0.25, 0.3) is 0 Å². The van der Waals surface area contributed by atoms with Gasteiger partial charge in [-0.3, -0.25) is 9.79 Å². The number of guanidine groups is 1. The summed E-state index contributed by atoms with van der Waals surface area (Å²) in [7, 11) is 0. The molecule has 0 aromatic heterocycles. The summed E-state index contributed by atoms with van der Waals surface area (Å²) in [5.41, 5.74) is 9.93. The number of hydrogen-bond acceptors (Lipinski definition) is 2. The van der Waals surface area contributed by atoms with Gasteiger partial charge in [0.15, 0.2) is 5.96 Å². The molecule has 0 aliphatic rings. The molecule has 0 aromatic carbocycles.